The lowest BCUT2D eigenvalue weighted by molar-refractivity contribution is 0.537. The molecule has 0 unspecified atom stereocenters. The maximum Gasteiger partial charge on any atom is 0.0624 e. The summed E-state index contributed by atoms with van der Waals surface area (Å²) in [7, 11) is 0. The van der Waals surface area contributed by atoms with Crippen molar-refractivity contribution in [1.29, 1.82) is 0 Å². The van der Waals surface area contributed by atoms with Crippen molar-refractivity contribution < 1.29 is 0 Å². The third-order valence-electron chi connectivity index (χ3n) is 2.77. The Morgan fingerprint density at radius 1 is 1.38 bits per heavy atom. The van der Waals surface area contributed by atoms with E-state index in [1.54, 1.807) is 0 Å². The molecular weight excluding hydrogens is 160 g/mol. The van der Waals surface area contributed by atoms with Gasteiger partial charge >= 0.3 is 0 Å². The molecule has 1 aliphatic carbocycles. The van der Waals surface area contributed by atoms with Crippen molar-refractivity contribution in [2.45, 2.75) is 46.1 Å². The molecule has 0 aromatic carbocycles. The molecule has 2 rings (SSSR count). The summed E-state index contributed by atoms with van der Waals surface area (Å²) < 4.78 is 2.22. The summed E-state index contributed by atoms with van der Waals surface area (Å²) in [6, 6.07) is 2.25. The zero-order chi connectivity index (χ0) is 9.26. The van der Waals surface area contributed by atoms with Crippen LogP contribution in [0.1, 0.15) is 38.1 Å². The van der Waals surface area contributed by atoms with Crippen molar-refractivity contribution in [3.05, 3.63) is 17.5 Å². The molecule has 0 spiro atoms. The summed E-state index contributed by atoms with van der Waals surface area (Å²) in [6.45, 7) is 5.53. The Hall–Kier alpha value is -0.790. The zero-order valence-corrected chi connectivity index (χ0v) is 8.58. The van der Waals surface area contributed by atoms with Gasteiger partial charge in [-0.3, -0.25) is 4.68 Å². The smallest absolute Gasteiger partial charge is 0.0624 e. The first-order chi connectivity index (χ1) is 6.33. The van der Waals surface area contributed by atoms with Gasteiger partial charge in [0.25, 0.3) is 0 Å². The lowest BCUT2D eigenvalue weighted by Crippen LogP contribution is -2.05. The highest BCUT2D eigenvalue weighted by atomic mass is 15.3. The number of nitrogens with zero attached hydrogens (tertiary/aromatic N) is 2. The topological polar surface area (TPSA) is 17.8 Å². The lowest BCUT2D eigenvalue weighted by atomic mass is 10.2. The molecule has 1 heterocycles. The van der Waals surface area contributed by atoms with E-state index in [4.69, 9.17) is 0 Å². The number of aromatic nitrogens is 2. The maximum atomic E-state index is 4.60. The average Bonchev–Trinajstić information content (AvgIpc) is 2.85. The monoisotopic (exact) mass is 178 g/mol. The van der Waals surface area contributed by atoms with Crippen molar-refractivity contribution in [1.82, 2.24) is 9.78 Å². The average molecular weight is 178 g/mol. The van der Waals surface area contributed by atoms with Crippen molar-refractivity contribution >= 4 is 0 Å². The van der Waals surface area contributed by atoms with Gasteiger partial charge in [-0.2, -0.15) is 5.10 Å². The summed E-state index contributed by atoms with van der Waals surface area (Å²) in [5.41, 5.74) is 2.65. The molecule has 0 atom stereocenters. The van der Waals surface area contributed by atoms with E-state index in [-0.39, 0.29) is 0 Å². The van der Waals surface area contributed by atoms with Crippen LogP contribution in [0.4, 0.5) is 0 Å². The molecule has 0 radical (unpaired) electrons. The van der Waals surface area contributed by atoms with Crippen LogP contribution >= 0.6 is 0 Å². The van der Waals surface area contributed by atoms with Crippen LogP contribution < -0.4 is 0 Å². The van der Waals surface area contributed by atoms with Crippen LogP contribution in [0.25, 0.3) is 0 Å². The Bertz CT molecular complexity index is 284. The highest BCUT2D eigenvalue weighted by Crippen LogP contribution is 2.30. The second-order valence-corrected chi connectivity index (χ2v) is 3.96. The van der Waals surface area contributed by atoms with Crippen molar-refractivity contribution in [3.8, 4) is 0 Å². The summed E-state index contributed by atoms with van der Waals surface area (Å²) in [5, 5.41) is 4.60. The van der Waals surface area contributed by atoms with Crippen molar-refractivity contribution in [2.75, 3.05) is 0 Å². The van der Waals surface area contributed by atoms with Crippen LogP contribution in [0.5, 0.6) is 0 Å². The van der Waals surface area contributed by atoms with E-state index in [1.165, 1.54) is 24.2 Å². The molecule has 1 aromatic heterocycles. The molecule has 2 heteroatoms. The van der Waals surface area contributed by atoms with Crippen LogP contribution in [0.15, 0.2) is 6.07 Å². The maximum absolute atomic E-state index is 4.60. The number of aryl methyl sites for hydroxylation is 2. The molecule has 0 N–H and O–H groups in total. The first kappa shape index (κ1) is 8.79. The van der Waals surface area contributed by atoms with Gasteiger partial charge < -0.3 is 0 Å². The molecule has 0 aliphatic heterocycles. The van der Waals surface area contributed by atoms with Gasteiger partial charge in [0.1, 0.15) is 0 Å². The molecule has 1 saturated carbocycles. The first-order valence-electron chi connectivity index (χ1n) is 5.39. The van der Waals surface area contributed by atoms with E-state index in [9.17, 15) is 0 Å². The quantitative estimate of drug-likeness (QED) is 0.692. The molecule has 72 valence electrons. The summed E-state index contributed by atoms with van der Waals surface area (Å²) >= 11 is 0. The lowest BCUT2D eigenvalue weighted by Gasteiger charge is -2.03. The minimum atomic E-state index is 0.926. The molecule has 0 saturated heterocycles. The van der Waals surface area contributed by atoms with Crippen molar-refractivity contribution in [3.63, 3.8) is 0 Å². The molecule has 0 amide bonds. The predicted molar refractivity (Wildman–Crippen MR) is 53.7 cm³/mol. The Balaban J connectivity index is 2.14. The zero-order valence-electron chi connectivity index (χ0n) is 8.58. The van der Waals surface area contributed by atoms with E-state index in [2.05, 4.69) is 29.7 Å². The largest absolute Gasteiger partial charge is 0.269 e. The van der Waals surface area contributed by atoms with Gasteiger partial charge in [-0.15, -0.1) is 0 Å². The summed E-state index contributed by atoms with van der Waals surface area (Å²) in [6.07, 6.45) is 4.99. The van der Waals surface area contributed by atoms with Crippen molar-refractivity contribution in [2.24, 2.45) is 5.92 Å². The summed E-state index contributed by atoms with van der Waals surface area (Å²) in [5.74, 6) is 0.926. The molecule has 2 nitrogen and oxygen atoms in total. The first-order valence-corrected chi connectivity index (χ1v) is 5.39. The normalized spacial score (nSPS) is 16.5. The van der Waals surface area contributed by atoms with E-state index in [0.717, 1.165) is 25.3 Å². The summed E-state index contributed by atoms with van der Waals surface area (Å²) in [4.78, 5) is 0. The number of hydrogen-bond acceptors (Lipinski definition) is 1. The van der Waals surface area contributed by atoms with E-state index in [1.807, 2.05) is 0 Å². The molecule has 13 heavy (non-hydrogen) atoms. The van der Waals surface area contributed by atoms with Gasteiger partial charge in [0.15, 0.2) is 0 Å². The molecule has 1 aromatic rings. The van der Waals surface area contributed by atoms with Gasteiger partial charge in [-0.05, 0) is 37.7 Å². The molecular formula is C11H18N2. The van der Waals surface area contributed by atoms with E-state index >= 15 is 0 Å². The number of hydrogen-bond donors (Lipinski definition) is 0. The Kier molecular flexibility index (Phi) is 2.38. The minimum absolute atomic E-state index is 0.926. The molecule has 1 aliphatic rings. The number of rotatable bonds is 4. The predicted octanol–water partition coefficient (Wildman–Crippen LogP) is 2.42. The fourth-order valence-corrected chi connectivity index (χ4v) is 1.68. The minimum Gasteiger partial charge on any atom is -0.269 e. The third kappa shape index (κ3) is 1.93. The van der Waals surface area contributed by atoms with Gasteiger partial charge in [-0.1, -0.05) is 13.8 Å². The van der Waals surface area contributed by atoms with Crippen LogP contribution in [-0.4, -0.2) is 9.78 Å². The van der Waals surface area contributed by atoms with E-state index in [0.29, 0.717) is 0 Å². The van der Waals surface area contributed by atoms with Crippen LogP contribution in [-0.2, 0) is 19.4 Å². The van der Waals surface area contributed by atoms with Gasteiger partial charge in [0.2, 0.25) is 0 Å². The van der Waals surface area contributed by atoms with E-state index < -0.39 is 0 Å². The highest BCUT2D eigenvalue weighted by Gasteiger charge is 2.23. The fourth-order valence-electron chi connectivity index (χ4n) is 1.68. The Morgan fingerprint density at radius 3 is 2.69 bits per heavy atom. The van der Waals surface area contributed by atoms with Gasteiger partial charge in [0.05, 0.1) is 5.69 Å². The Labute approximate surface area is 80.0 Å². The van der Waals surface area contributed by atoms with Gasteiger partial charge in [-0.25, -0.2) is 0 Å². The van der Waals surface area contributed by atoms with Crippen LogP contribution in [0.3, 0.4) is 0 Å². The van der Waals surface area contributed by atoms with Crippen LogP contribution in [0.2, 0.25) is 0 Å². The van der Waals surface area contributed by atoms with Crippen LogP contribution in [0, 0.1) is 5.92 Å². The molecule has 1 fully saturated rings. The second kappa shape index (κ2) is 3.52. The highest BCUT2D eigenvalue weighted by molar-refractivity contribution is 5.10. The SMILES string of the molecule is CCc1cc(CC)n(CC2CC2)n1. The fraction of sp³-hybridized carbons (Fsp3) is 0.727. The second-order valence-electron chi connectivity index (χ2n) is 3.96. The molecule has 0 bridgehead atoms. The Morgan fingerprint density at radius 2 is 2.15 bits per heavy atom. The third-order valence-corrected chi connectivity index (χ3v) is 2.77. The standard InChI is InChI=1S/C11H18N2/c1-3-10-7-11(4-2)13(12-10)8-9-5-6-9/h7,9H,3-6,8H2,1-2H3. The van der Waals surface area contributed by atoms with Gasteiger partial charge in [0, 0.05) is 12.2 Å².